The van der Waals surface area contributed by atoms with E-state index in [0.717, 1.165) is 5.92 Å². The summed E-state index contributed by atoms with van der Waals surface area (Å²) in [6.07, 6.45) is 7.04. The van der Waals surface area contributed by atoms with Crippen LogP contribution in [0.2, 0.25) is 0 Å². The molecule has 0 radical (unpaired) electrons. The SMILES string of the molecule is CCC1(CNCC2(C(C)C)CCNC2)CCC1. The van der Waals surface area contributed by atoms with Crippen molar-refractivity contribution in [3.63, 3.8) is 0 Å². The summed E-state index contributed by atoms with van der Waals surface area (Å²) in [5.74, 6) is 0.781. The van der Waals surface area contributed by atoms with Gasteiger partial charge in [-0.25, -0.2) is 0 Å². The van der Waals surface area contributed by atoms with Crippen LogP contribution in [-0.4, -0.2) is 26.2 Å². The molecule has 1 aliphatic heterocycles. The maximum atomic E-state index is 3.80. The highest BCUT2D eigenvalue weighted by Crippen LogP contribution is 2.43. The summed E-state index contributed by atoms with van der Waals surface area (Å²) >= 11 is 0. The van der Waals surface area contributed by atoms with Crippen LogP contribution in [0, 0.1) is 16.7 Å². The van der Waals surface area contributed by atoms with E-state index in [9.17, 15) is 0 Å². The van der Waals surface area contributed by atoms with E-state index >= 15 is 0 Å². The lowest BCUT2D eigenvalue weighted by atomic mass is 9.67. The van der Waals surface area contributed by atoms with Crippen LogP contribution < -0.4 is 10.6 Å². The third-order valence-corrected chi connectivity index (χ3v) is 5.64. The largest absolute Gasteiger partial charge is 0.316 e. The van der Waals surface area contributed by atoms with Crippen LogP contribution in [-0.2, 0) is 0 Å². The highest BCUT2D eigenvalue weighted by molar-refractivity contribution is 4.94. The molecule has 2 aliphatic rings. The first-order valence-electron chi connectivity index (χ1n) is 7.54. The molecule has 2 N–H and O–H groups in total. The Morgan fingerprint density at radius 2 is 1.94 bits per heavy atom. The third-order valence-electron chi connectivity index (χ3n) is 5.64. The van der Waals surface area contributed by atoms with E-state index < -0.39 is 0 Å². The molecule has 0 amide bonds. The van der Waals surface area contributed by atoms with Crippen molar-refractivity contribution in [3.05, 3.63) is 0 Å². The van der Waals surface area contributed by atoms with E-state index in [-0.39, 0.29) is 0 Å². The number of nitrogens with one attached hydrogen (secondary N) is 2. The third kappa shape index (κ3) is 2.68. The zero-order chi connectivity index (χ0) is 12.4. The maximum Gasteiger partial charge on any atom is 0.00232 e. The second-order valence-corrected chi connectivity index (χ2v) is 6.75. The predicted octanol–water partition coefficient (Wildman–Crippen LogP) is 2.79. The first kappa shape index (κ1) is 13.4. The molecule has 0 aromatic carbocycles. The Hall–Kier alpha value is -0.0800. The molecule has 0 aromatic heterocycles. The van der Waals surface area contributed by atoms with Crippen molar-refractivity contribution in [2.45, 2.75) is 52.9 Å². The minimum atomic E-state index is 0.513. The summed E-state index contributed by atoms with van der Waals surface area (Å²) in [4.78, 5) is 0. The Kier molecular flexibility index (Phi) is 4.14. The molecule has 1 heterocycles. The topological polar surface area (TPSA) is 24.1 Å². The molecule has 2 nitrogen and oxygen atoms in total. The second-order valence-electron chi connectivity index (χ2n) is 6.75. The molecular formula is C15H30N2. The average molecular weight is 238 g/mol. The van der Waals surface area contributed by atoms with E-state index in [2.05, 4.69) is 31.4 Å². The van der Waals surface area contributed by atoms with Crippen LogP contribution in [0.15, 0.2) is 0 Å². The fraction of sp³-hybridized carbons (Fsp3) is 1.00. The number of hydrogen-bond donors (Lipinski definition) is 2. The van der Waals surface area contributed by atoms with Gasteiger partial charge in [0.05, 0.1) is 0 Å². The number of hydrogen-bond acceptors (Lipinski definition) is 2. The van der Waals surface area contributed by atoms with E-state index in [1.54, 1.807) is 0 Å². The van der Waals surface area contributed by atoms with Crippen molar-refractivity contribution in [1.82, 2.24) is 10.6 Å². The van der Waals surface area contributed by atoms with Crippen molar-refractivity contribution in [3.8, 4) is 0 Å². The molecule has 17 heavy (non-hydrogen) atoms. The van der Waals surface area contributed by atoms with Gasteiger partial charge in [-0.1, -0.05) is 27.2 Å². The molecule has 100 valence electrons. The molecule has 1 atom stereocenters. The lowest BCUT2D eigenvalue weighted by Crippen LogP contribution is -2.46. The van der Waals surface area contributed by atoms with Crippen LogP contribution in [0.1, 0.15) is 52.9 Å². The molecule has 0 aromatic rings. The second kappa shape index (κ2) is 5.27. The minimum absolute atomic E-state index is 0.513. The van der Waals surface area contributed by atoms with Gasteiger partial charge in [-0.3, -0.25) is 0 Å². The summed E-state index contributed by atoms with van der Waals surface area (Å²) in [5, 5.41) is 7.35. The van der Waals surface area contributed by atoms with E-state index in [1.807, 2.05) is 0 Å². The van der Waals surface area contributed by atoms with Crippen molar-refractivity contribution in [2.75, 3.05) is 26.2 Å². The predicted molar refractivity (Wildman–Crippen MR) is 74.2 cm³/mol. The fourth-order valence-corrected chi connectivity index (χ4v) is 3.52. The standard InChI is InChI=1S/C15H30N2/c1-4-14(6-5-7-14)10-17-12-15(13(2)3)8-9-16-11-15/h13,16-17H,4-12H2,1-3H3. The smallest absolute Gasteiger partial charge is 0.00232 e. The van der Waals surface area contributed by atoms with Crippen LogP contribution >= 0.6 is 0 Å². The van der Waals surface area contributed by atoms with Crippen molar-refractivity contribution in [1.29, 1.82) is 0 Å². The van der Waals surface area contributed by atoms with Gasteiger partial charge in [0.15, 0.2) is 0 Å². The first-order valence-corrected chi connectivity index (χ1v) is 7.54. The van der Waals surface area contributed by atoms with Gasteiger partial charge in [0.25, 0.3) is 0 Å². The van der Waals surface area contributed by atoms with Crippen LogP contribution in [0.3, 0.4) is 0 Å². The Morgan fingerprint density at radius 3 is 2.35 bits per heavy atom. The van der Waals surface area contributed by atoms with Gasteiger partial charge in [0, 0.05) is 19.6 Å². The molecule has 2 rings (SSSR count). The van der Waals surface area contributed by atoms with Crippen molar-refractivity contribution >= 4 is 0 Å². The Morgan fingerprint density at radius 1 is 1.18 bits per heavy atom. The van der Waals surface area contributed by atoms with E-state index in [0.29, 0.717) is 10.8 Å². The van der Waals surface area contributed by atoms with Crippen LogP contribution in [0.4, 0.5) is 0 Å². The minimum Gasteiger partial charge on any atom is -0.316 e. The summed E-state index contributed by atoms with van der Waals surface area (Å²) in [6.45, 7) is 12.0. The average Bonchev–Trinajstić information content (AvgIpc) is 2.72. The summed E-state index contributed by atoms with van der Waals surface area (Å²) < 4.78 is 0. The molecule has 1 saturated heterocycles. The maximum absolute atomic E-state index is 3.80. The van der Waals surface area contributed by atoms with Gasteiger partial charge in [-0.05, 0) is 49.0 Å². The normalized spacial score (nSPS) is 31.8. The molecule has 1 saturated carbocycles. The van der Waals surface area contributed by atoms with Gasteiger partial charge in [-0.15, -0.1) is 0 Å². The molecule has 2 heteroatoms. The lowest BCUT2D eigenvalue weighted by molar-refractivity contribution is 0.111. The first-order chi connectivity index (χ1) is 8.13. The molecular weight excluding hydrogens is 208 g/mol. The fourth-order valence-electron chi connectivity index (χ4n) is 3.52. The van der Waals surface area contributed by atoms with Gasteiger partial charge in [0.1, 0.15) is 0 Å². The van der Waals surface area contributed by atoms with E-state index in [1.165, 1.54) is 58.3 Å². The Balaban J connectivity index is 1.80. The summed E-state index contributed by atoms with van der Waals surface area (Å²) in [5.41, 5.74) is 1.17. The highest BCUT2D eigenvalue weighted by Gasteiger charge is 2.38. The molecule has 1 aliphatic carbocycles. The van der Waals surface area contributed by atoms with Crippen LogP contribution in [0.5, 0.6) is 0 Å². The van der Waals surface area contributed by atoms with Gasteiger partial charge >= 0.3 is 0 Å². The highest BCUT2D eigenvalue weighted by atomic mass is 15.0. The van der Waals surface area contributed by atoms with Gasteiger partial charge in [-0.2, -0.15) is 0 Å². The molecule has 1 unspecified atom stereocenters. The zero-order valence-electron chi connectivity index (χ0n) is 11.9. The molecule has 0 bridgehead atoms. The zero-order valence-corrected chi connectivity index (χ0v) is 11.9. The van der Waals surface area contributed by atoms with Gasteiger partial charge in [0.2, 0.25) is 0 Å². The summed E-state index contributed by atoms with van der Waals surface area (Å²) in [7, 11) is 0. The quantitative estimate of drug-likeness (QED) is 0.743. The summed E-state index contributed by atoms with van der Waals surface area (Å²) in [6, 6.07) is 0. The lowest BCUT2D eigenvalue weighted by Gasteiger charge is -2.43. The Bertz CT molecular complexity index is 232. The van der Waals surface area contributed by atoms with E-state index in [4.69, 9.17) is 0 Å². The molecule has 2 fully saturated rings. The van der Waals surface area contributed by atoms with Crippen molar-refractivity contribution < 1.29 is 0 Å². The van der Waals surface area contributed by atoms with Crippen molar-refractivity contribution in [2.24, 2.45) is 16.7 Å². The number of rotatable bonds is 6. The van der Waals surface area contributed by atoms with Gasteiger partial charge < -0.3 is 10.6 Å². The van der Waals surface area contributed by atoms with Crippen LogP contribution in [0.25, 0.3) is 0 Å². The molecule has 0 spiro atoms. The monoisotopic (exact) mass is 238 g/mol. The Labute approximate surface area is 107 Å².